The van der Waals surface area contributed by atoms with Crippen molar-refractivity contribution < 1.29 is 0 Å². The van der Waals surface area contributed by atoms with Gasteiger partial charge in [0.15, 0.2) is 0 Å². The van der Waals surface area contributed by atoms with Gasteiger partial charge in [-0.3, -0.25) is 4.98 Å². The molecule has 6 rings (SSSR count). The molecule has 0 N–H and O–H groups in total. The molecule has 3 aromatic heterocycles. The predicted octanol–water partition coefficient (Wildman–Crippen LogP) is 9.60. The van der Waals surface area contributed by atoms with Crippen LogP contribution in [0.15, 0.2) is 78.3 Å². The molecule has 0 saturated carbocycles. The minimum atomic E-state index is 0.0496. The Bertz CT molecular complexity index is 1660. The van der Waals surface area contributed by atoms with E-state index < -0.39 is 0 Å². The fourth-order valence-corrected chi connectivity index (χ4v) is 7.15. The molecule has 33 heavy (non-hydrogen) atoms. The van der Waals surface area contributed by atoms with Crippen molar-refractivity contribution in [1.29, 1.82) is 0 Å². The number of rotatable bonds is 2. The molecule has 0 aliphatic rings. The Balaban J connectivity index is 1.63. The Morgan fingerprint density at radius 3 is 2.39 bits per heavy atom. The molecule has 0 bridgehead atoms. The van der Waals surface area contributed by atoms with Gasteiger partial charge in [0.25, 0.3) is 0 Å². The van der Waals surface area contributed by atoms with E-state index in [2.05, 4.69) is 99.8 Å². The van der Waals surface area contributed by atoms with E-state index in [1.165, 1.54) is 58.1 Å². The zero-order valence-corrected chi connectivity index (χ0v) is 20.9. The van der Waals surface area contributed by atoms with Gasteiger partial charge >= 0.3 is 0 Å². The summed E-state index contributed by atoms with van der Waals surface area (Å²) in [7, 11) is 0. The summed E-state index contributed by atoms with van der Waals surface area (Å²) in [4.78, 5) is 6.29. The maximum absolute atomic E-state index is 4.93. The second kappa shape index (κ2) is 7.51. The molecular weight excluding hydrogens is 438 g/mol. The zero-order valence-electron chi connectivity index (χ0n) is 19.3. The van der Waals surface area contributed by atoms with Gasteiger partial charge in [0.1, 0.15) is 0 Å². The summed E-state index contributed by atoms with van der Waals surface area (Å²) < 4.78 is 2.64. The summed E-state index contributed by atoms with van der Waals surface area (Å²) in [5.74, 6) is 0. The molecule has 3 aromatic carbocycles. The molecule has 0 amide bonds. The third kappa shape index (κ3) is 3.30. The van der Waals surface area contributed by atoms with Crippen LogP contribution in [-0.2, 0) is 5.41 Å². The topological polar surface area (TPSA) is 12.9 Å². The van der Waals surface area contributed by atoms with Crippen LogP contribution in [0.1, 0.15) is 31.9 Å². The molecule has 0 atom stereocenters. The van der Waals surface area contributed by atoms with Gasteiger partial charge in [-0.25, -0.2) is 0 Å². The summed E-state index contributed by atoms with van der Waals surface area (Å²) in [6.07, 6.45) is 1.97. The first kappa shape index (κ1) is 20.6. The minimum Gasteiger partial charge on any atom is -0.256 e. The first-order valence-electron chi connectivity index (χ1n) is 11.3. The Morgan fingerprint density at radius 1 is 0.818 bits per heavy atom. The molecule has 0 spiro atoms. The SMILES string of the molecule is Cc1c(-c2csc3ccccc23)sc2ccnc(-c3cc(C(C)(C)C)c4ccccc4c3)c12. The maximum Gasteiger partial charge on any atom is 0.0791 e. The number of thiophene rings is 2. The van der Waals surface area contributed by atoms with E-state index in [-0.39, 0.29) is 5.41 Å². The van der Waals surface area contributed by atoms with Crippen molar-refractivity contribution in [2.45, 2.75) is 33.1 Å². The fraction of sp³-hybridized carbons (Fsp3) is 0.167. The maximum atomic E-state index is 4.93. The molecule has 0 saturated heterocycles. The van der Waals surface area contributed by atoms with Gasteiger partial charge in [-0.1, -0.05) is 63.2 Å². The number of aromatic nitrogens is 1. The highest BCUT2D eigenvalue weighted by Gasteiger charge is 2.21. The first-order valence-corrected chi connectivity index (χ1v) is 13.0. The van der Waals surface area contributed by atoms with E-state index in [0.717, 1.165) is 5.69 Å². The lowest BCUT2D eigenvalue weighted by atomic mass is 9.82. The van der Waals surface area contributed by atoms with Gasteiger partial charge in [0.05, 0.1) is 5.69 Å². The van der Waals surface area contributed by atoms with Crippen molar-refractivity contribution >= 4 is 53.6 Å². The van der Waals surface area contributed by atoms with Crippen LogP contribution in [-0.4, -0.2) is 4.98 Å². The molecule has 0 aliphatic heterocycles. The third-order valence-electron chi connectivity index (χ3n) is 6.51. The normalized spacial score (nSPS) is 12.2. The van der Waals surface area contributed by atoms with Crippen molar-refractivity contribution in [3.05, 3.63) is 89.4 Å². The van der Waals surface area contributed by atoms with Gasteiger partial charge < -0.3 is 0 Å². The Kier molecular flexibility index (Phi) is 4.69. The molecule has 6 aromatic rings. The smallest absolute Gasteiger partial charge is 0.0791 e. The van der Waals surface area contributed by atoms with Crippen LogP contribution < -0.4 is 0 Å². The summed E-state index contributed by atoms with van der Waals surface area (Å²) in [5, 5.41) is 7.53. The van der Waals surface area contributed by atoms with Gasteiger partial charge in [0.2, 0.25) is 0 Å². The average molecular weight is 464 g/mol. The van der Waals surface area contributed by atoms with E-state index in [4.69, 9.17) is 4.98 Å². The summed E-state index contributed by atoms with van der Waals surface area (Å²) in [6, 6.07) is 24.3. The number of benzene rings is 3. The molecule has 0 radical (unpaired) electrons. The summed E-state index contributed by atoms with van der Waals surface area (Å²) in [5.41, 5.74) is 6.37. The van der Waals surface area contributed by atoms with Crippen LogP contribution in [0.5, 0.6) is 0 Å². The number of fused-ring (bicyclic) bond motifs is 3. The first-order chi connectivity index (χ1) is 15.9. The highest BCUT2D eigenvalue weighted by atomic mass is 32.1. The average Bonchev–Trinajstić information content (AvgIpc) is 3.38. The van der Waals surface area contributed by atoms with Gasteiger partial charge in [-0.2, -0.15) is 0 Å². The number of hydrogen-bond donors (Lipinski definition) is 0. The minimum absolute atomic E-state index is 0.0496. The van der Waals surface area contributed by atoms with Gasteiger partial charge in [-0.05, 0) is 58.5 Å². The van der Waals surface area contributed by atoms with Crippen molar-refractivity contribution in [3.63, 3.8) is 0 Å². The van der Waals surface area contributed by atoms with E-state index in [1.54, 1.807) is 0 Å². The Hall–Kier alpha value is -3.01. The molecule has 0 aliphatic carbocycles. The standard InChI is InChI=1S/C30H25NS2/c1-18-27-26(33-29(18)23-17-32-25-12-8-7-11-22(23)25)13-14-31-28(27)20-15-19-9-5-6-10-21(19)24(16-20)30(2,3)4/h5-17H,1-4H3. The molecular formula is C30H25NS2. The molecule has 162 valence electrons. The Morgan fingerprint density at radius 2 is 1.58 bits per heavy atom. The monoisotopic (exact) mass is 463 g/mol. The lowest BCUT2D eigenvalue weighted by molar-refractivity contribution is 0.596. The van der Waals surface area contributed by atoms with Crippen LogP contribution in [0.2, 0.25) is 0 Å². The van der Waals surface area contributed by atoms with E-state index in [1.807, 2.05) is 28.9 Å². The van der Waals surface area contributed by atoms with Gasteiger partial charge in [-0.15, -0.1) is 22.7 Å². The van der Waals surface area contributed by atoms with Crippen LogP contribution in [0.3, 0.4) is 0 Å². The van der Waals surface area contributed by atoms with E-state index >= 15 is 0 Å². The highest BCUT2D eigenvalue weighted by molar-refractivity contribution is 7.23. The lowest BCUT2D eigenvalue weighted by Crippen LogP contribution is -2.12. The number of hydrogen-bond acceptors (Lipinski definition) is 3. The second-order valence-corrected chi connectivity index (χ2v) is 11.7. The van der Waals surface area contributed by atoms with Crippen molar-refractivity contribution in [2.24, 2.45) is 0 Å². The van der Waals surface area contributed by atoms with Crippen molar-refractivity contribution in [1.82, 2.24) is 4.98 Å². The largest absolute Gasteiger partial charge is 0.256 e. The fourth-order valence-electron chi connectivity index (χ4n) is 4.89. The predicted molar refractivity (Wildman–Crippen MR) is 147 cm³/mol. The van der Waals surface area contributed by atoms with E-state index in [9.17, 15) is 0 Å². The summed E-state index contributed by atoms with van der Waals surface area (Å²) >= 11 is 3.71. The molecule has 0 unspecified atom stereocenters. The van der Waals surface area contributed by atoms with Crippen LogP contribution >= 0.6 is 22.7 Å². The second-order valence-electron chi connectivity index (χ2n) is 9.73. The molecule has 1 nitrogen and oxygen atoms in total. The summed E-state index contributed by atoms with van der Waals surface area (Å²) in [6.45, 7) is 9.14. The van der Waals surface area contributed by atoms with Crippen molar-refractivity contribution in [2.75, 3.05) is 0 Å². The quantitative estimate of drug-likeness (QED) is 0.249. The van der Waals surface area contributed by atoms with Crippen LogP contribution in [0.25, 0.3) is 52.6 Å². The van der Waals surface area contributed by atoms with Crippen molar-refractivity contribution in [3.8, 4) is 21.7 Å². The molecule has 3 heteroatoms. The molecule has 0 fully saturated rings. The number of nitrogens with zero attached hydrogens (tertiary/aromatic N) is 1. The van der Waals surface area contributed by atoms with E-state index in [0.29, 0.717) is 0 Å². The number of pyridine rings is 1. The number of aryl methyl sites for hydroxylation is 1. The van der Waals surface area contributed by atoms with Crippen LogP contribution in [0, 0.1) is 6.92 Å². The van der Waals surface area contributed by atoms with Crippen LogP contribution in [0.4, 0.5) is 0 Å². The van der Waals surface area contributed by atoms with Gasteiger partial charge in [0, 0.05) is 47.8 Å². The lowest BCUT2D eigenvalue weighted by Gasteiger charge is -2.23. The third-order valence-corrected chi connectivity index (χ3v) is 8.76. The highest BCUT2D eigenvalue weighted by Crippen LogP contribution is 2.46. The molecule has 3 heterocycles. The Labute approximate surface area is 202 Å². The zero-order chi connectivity index (χ0) is 22.7.